The molecule has 2 aliphatic heterocycles. The van der Waals surface area contributed by atoms with Gasteiger partial charge in [-0.15, -0.1) is 35.3 Å². The number of carboxylic acid groups (broad SMARTS) is 3. The minimum atomic E-state index is -0.879. The minimum absolute atomic E-state index is 0.0667. The molecule has 0 spiro atoms. The SMILES string of the molecule is COC(=O)[C@@H](C)CCC(C[N+](=O)[O-])SC(c1ccccc1)(c1ccccc1)c1ccccc1.COC(=O)[C@@H](C)CCC1CCCS1.C[C@@H](CCC(CNC(=O)OC(C)(C)C)SC(c1ccccc1)(c1ccccc1)c1ccccc1)C(=O)O.C[C@@H](CCC(C[N+](=O)[O-])SC(c1ccccc1)(c1ccccc1)c1ccccc1)C(=O)O.C[C@@H](CCC1CCCS1)C(=O)O. The van der Waals surface area contributed by atoms with Gasteiger partial charge in [-0.25, -0.2) is 4.79 Å². The lowest BCUT2D eigenvalue weighted by atomic mass is 9.84. The fourth-order valence-corrected chi connectivity index (χ4v) is 23.1. The van der Waals surface area contributed by atoms with E-state index in [9.17, 15) is 59.2 Å². The molecule has 0 bridgehead atoms. The van der Waals surface area contributed by atoms with E-state index in [0.29, 0.717) is 45.1 Å². The Hall–Kier alpha value is -9.85. The van der Waals surface area contributed by atoms with Crippen molar-refractivity contribution in [3.63, 3.8) is 0 Å². The Balaban J connectivity index is 0.000000230. The van der Waals surface area contributed by atoms with Crippen LogP contribution in [0.4, 0.5) is 4.79 Å². The van der Waals surface area contributed by atoms with E-state index in [1.54, 1.807) is 63.0 Å². The molecule has 0 aliphatic carbocycles. The van der Waals surface area contributed by atoms with Crippen LogP contribution in [0.15, 0.2) is 273 Å². The van der Waals surface area contributed by atoms with Crippen molar-refractivity contribution in [3.8, 4) is 0 Å². The summed E-state index contributed by atoms with van der Waals surface area (Å²) in [5, 5.41) is 54.4. The highest BCUT2D eigenvalue weighted by molar-refractivity contribution is 8.02. The maximum Gasteiger partial charge on any atom is 0.407 e. The summed E-state index contributed by atoms with van der Waals surface area (Å²) in [5.74, 6) is -1.57. The second kappa shape index (κ2) is 54.5. The average Bonchev–Trinajstić information content (AvgIpc) is 1.36. The van der Waals surface area contributed by atoms with E-state index < -0.39 is 55.7 Å². The first-order chi connectivity index (χ1) is 60.9. The maximum absolute atomic E-state index is 12.5. The molecule has 2 heterocycles. The molecule has 2 fully saturated rings. The summed E-state index contributed by atoms with van der Waals surface area (Å²) in [6, 6.07) is 91.4. The largest absolute Gasteiger partial charge is 0.481 e. The predicted molar refractivity (Wildman–Crippen MR) is 520 cm³/mol. The van der Waals surface area contributed by atoms with Gasteiger partial charge in [-0.05, 0) is 172 Å². The molecule has 0 saturated carbocycles. The Morgan fingerprint density at radius 2 is 0.606 bits per heavy atom. The zero-order valence-electron chi connectivity index (χ0n) is 74.8. The topological polar surface area (TPSA) is 289 Å². The van der Waals surface area contributed by atoms with Crippen LogP contribution in [0.3, 0.4) is 0 Å². The molecule has 5 unspecified atom stereocenters. The number of ether oxygens (including phenoxy) is 3. The summed E-state index contributed by atoms with van der Waals surface area (Å²) in [6.45, 7) is 14.3. The molecule has 127 heavy (non-hydrogen) atoms. The van der Waals surface area contributed by atoms with Gasteiger partial charge in [-0.2, -0.15) is 23.5 Å². The molecule has 0 radical (unpaired) electrons. The molecule has 19 nitrogen and oxygen atoms in total. The normalized spacial score (nSPS) is 15.6. The number of nitrogens with one attached hydrogen (secondary N) is 1. The van der Waals surface area contributed by atoms with E-state index in [2.05, 4.69) is 131 Å². The Morgan fingerprint density at radius 1 is 0.378 bits per heavy atom. The van der Waals surface area contributed by atoms with Crippen LogP contribution in [0, 0.1) is 49.8 Å². The number of rotatable bonds is 41. The van der Waals surface area contributed by atoms with E-state index in [1.807, 2.05) is 203 Å². The van der Waals surface area contributed by atoms with Gasteiger partial charge in [-0.1, -0.05) is 308 Å². The first-order valence-electron chi connectivity index (χ1n) is 43.8. The Kier molecular flexibility index (Phi) is 44.7. The van der Waals surface area contributed by atoms with Crippen molar-refractivity contribution in [3.05, 3.63) is 343 Å². The highest BCUT2D eigenvalue weighted by atomic mass is 32.2. The quantitative estimate of drug-likeness (QED) is 0.00910. The van der Waals surface area contributed by atoms with Crippen LogP contribution in [0.25, 0.3) is 0 Å². The zero-order chi connectivity index (χ0) is 92.2. The van der Waals surface area contributed by atoms with Crippen molar-refractivity contribution >= 4 is 94.7 Å². The number of carbonyl (C=O) groups excluding carboxylic acids is 3. The lowest BCUT2D eigenvalue weighted by Gasteiger charge is -2.38. The van der Waals surface area contributed by atoms with Gasteiger partial charge in [0.1, 0.15) is 5.60 Å². The molecule has 680 valence electrons. The molecule has 24 heteroatoms. The molecule has 1 amide bonds. The number of nitro groups is 2. The fourth-order valence-electron chi connectivity index (χ4n) is 15.3. The molecule has 9 aromatic carbocycles. The van der Waals surface area contributed by atoms with Gasteiger partial charge >= 0.3 is 35.9 Å². The minimum Gasteiger partial charge on any atom is -0.481 e. The predicted octanol–water partition coefficient (Wildman–Crippen LogP) is 23.8. The molecular weight excluding hydrogens is 1700 g/mol. The Morgan fingerprint density at radius 3 is 0.835 bits per heavy atom. The van der Waals surface area contributed by atoms with E-state index in [4.69, 9.17) is 14.6 Å². The number of carboxylic acids is 3. The molecule has 2 saturated heterocycles. The maximum atomic E-state index is 12.5. The van der Waals surface area contributed by atoms with Crippen LogP contribution < -0.4 is 5.32 Å². The van der Waals surface area contributed by atoms with Crippen molar-refractivity contribution in [2.24, 2.45) is 29.6 Å². The number of benzene rings is 9. The summed E-state index contributed by atoms with van der Waals surface area (Å²) < 4.78 is 13.1. The first kappa shape index (κ1) is 104. The zero-order valence-corrected chi connectivity index (χ0v) is 78.9. The van der Waals surface area contributed by atoms with Gasteiger partial charge in [0.15, 0.2) is 0 Å². The average molecular weight is 1820 g/mol. The summed E-state index contributed by atoms with van der Waals surface area (Å²) in [7, 11) is 2.83. The third-order valence-corrected chi connectivity index (χ3v) is 30.6. The monoisotopic (exact) mass is 1820 g/mol. The van der Waals surface area contributed by atoms with Crippen LogP contribution in [-0.4, -0.2) is 138 Å². The summed E-state index contributed by atoms with van der Waals surface area (Å²) in [6.07, 6.45) is 11.9. The number of alkyl carbamates (subject to hydrolysis) is 1. The second-order valence-electron chi connectivity index (χ2n) is 33.2. The molecule has 4 N–H and O–H groups in total. The van der Waals surface area contributed by atoms with Gasteiger partial charge in [0.2, 0.25) is 13.1 Å². The van der Waals surface area contributed by atoms with Gasteiger partial charge < -0.3 is 34.8 Å². The van der Waals surface area contributed by atoms with Crippen molar-refractivity contribution in [1.29, 1.82) is 0 Å². The van der Waals surface area contributed by atoms with Crippen LogP contribution in [0.1, 0.15) is 195 Å². The number of esters is 2. The van der Waals surface area contributed by atoms with Crippen LogP contribution in [-0.2, 0) is 52.4 Å². The van der Waals surface area contributed by atoms with Gasteiger partial charge in [0, 0.05) is 32.1 Å². The first-order valence-corrected chi connectivity index (χ1v) is 48.5. The Labute approximate surface area is 772 Å². The van der Waals surface area contributed by atoms with Crippen molar-refractivity contribution < 1.29 is 68.1 Å². The molecule has 11 rings (SSSR count). The van der Waals surface area contributed by atoms with Gasteiger partial charge in [-0.3, -0.25) is 44.2 Å². The number of thioether (sulfide) groups is 5. The standard InChI is InChI=1S/C31H37NO4S.C27H29NO4S.C26H27NO4S.C10H18O2S.C9H16O2S/c1-23(28(33)34)20-21-27(22-32-29(35)36-30(2,3)4)37-31(24-14-8-5-9-15-24,25-16-10-6-11-17-25)26-18-12-7-13-19-26;1-21(26(29)32-2)18-19-25(20-28(30)31)33-27(22-12-6-3-7-13-22,23-14-8-4-9-15-23)24-16-10-5-11-17-24;1-20(25(28)29)17-18-24(19-27(30)31)32-26(21-11-5-2-6-12-21,22-13-7-3-8-14-22)23-15-9-4-10-16-23;1-8(10(11)12-2)5-6-9-4-3-7-13-9;1-7(9(10)11)4-5-8-3-2-6-12-8/h5-19,23,27H,20-22H2,1-4H3,(H,32,35)(H,33,34);3-17,21,25H,18-20H2,1-2H3;2-16,20,24H,17-19H2,1H3,(H,28,29);8-9H,3-7H2,1-2H3;7-8H,2-6H2,1H3,(H,10,11)/t23-,27?;21-,25?;20-,24?;8-,9?;7-,8?/m00000/s1. The molecular formula is C103H127N3O16S5. The number of amides is 1. The number of aliphatic carboxylic acids is 3. The number of hydrogen-bond donors (Lipinski definition) is 4. The number of hydrogen-bond acceptors (Lipinski definition) is 18. The fraction of sp³-hybridized carbons (Fsp3) is 0.417. The highest BCUT2D eigenvalue weighted by Gasteiger charge is 2.44. The number of carbonyl (C=O) groups is 6. The molecule has 10 atom stereocenters. The van der Waals surface area contributed by atoms with Crippen LogP contribution in [0.2, 0.25) is 0 Å². The van der Waals surface area contributed by atoms with Crippen LogP contribution >= 0.6 is 58.8 Å². The summed E-state index contributed by atoms with van der Waals surface area (Å²) in [5.41, 5.74) is 9.01. The van der Waals surface area contributed by atoms with Gasteiger partial charge in [0.25, 0.3) is 0 Å². The van der Waals surface area contributed by atoms with E-state index in [-0.39, 0.29) is 68.4 Å². The lowest BCUT2D eigenvalue weighted by molar-refractivity contribution is -0.479. The van der Waals surface area contributed by atoms with Crippen molar-refractivity contribution in [2.45, 2.75) is 191 Å². The Bertz CT molecular complexity index is 4420. The van der Waals surface area contributed by atoms with Crippen LogP contribution in [0.5, 0.6) is 0 Å². The van der Waals surface area contributed by atoms with Crippen molar-refractivity contribution in [1.82, 2.24) is 5.32 Å². The highest BCUT2D eigenvalue weighted by Crippen LogP contribution is 2.54. The van der Waals surface area contributed by atoms with Gasteiger partial charge in [0.05, 0.1) is 68.6 Å². The number of methoxy groups -OCH3 is 2. The van der Waals surface area contributed by atoms with E-state index in [1.165, 1.54) is 57.8 Å². The molecule has 9 aromatic rings. The smallest absolute Gasteiger partial charge is 0.407 e. The number of nitrogens with zero attached hydrogens (tertiary/aromatic N) is 2. The third-order valence-electron chi connectivity index (χ3n) is 22.4. The summed E-state index contributed by atoms with van der Waals surface area (Å²) >= 11 is 8.94. The lowest BCUT2D eigenvalue weighted by Crippen LogP contribution is -2.38. The second-order valence-corrected chi connectivity index (χ2v) is 40.6. The molecule has 2 aliphatic rings. The van der Waals surface area contributed by atoms with E-state index >= 15 is 0 Å². The molecule has 0 aromatic heterocycles. The van der Waals surface area contributed by atoms with E-state index in [0.717, 1.165) is 79.8 Å². The third kappa shape index (κ3) is 33.6. The summed E-state index contributed by atoms with van der Waals surface area (Å²) in [4.78, 5) is 91.6. The van der Waals surface area contributed by atoms with Crippen molar-refractivity contribution in [2.75, 3.05) is 45.4 Å².